The van der Waals surface area contributed by atoms with E-state index < -0.39 is 16.7 Å². The summed E-state index contributed by atoms with van der Waals surface area (Å²) in [4.78, 5) is 26.1. The van der Waals surface area contributed by atoms with Gasteiger partial charge in [0.2, 0.25) is 0 Å². The maximum atomic E-state index is 13.2. The van der Waals surface area contributed by atoms with Crippen LogP contribution in [0.15, 0.2) is 36.3 Å². The van der Waals surface area contributed by atoms with E-state index in [1.165, 1.54) is 7.11 Å². The van der Waals surface area contributed by atoms with Crippen molar-refractivity contribution >= 4 is 11.8 Å². The third-order valence-electron chi connectivity index (χ3n) is 7.54. The molecular weight excluding hydrogens is 316 g/mol. The van der Waals surface area contributed by atoms with Gasteiger partial charge in [0.25, 0.3) is 5.95 Å². The van der Waals surface area contributed by atoms with Crippen LogP contribution in [0, 0.1) is 34.0 Å². The molecule has 0 amide bonds. The maximum Gasteiger partial charge on any atom is 0.318 e. The molecule has 2 saturated carbocycles. The van der Waals surface area contributed by atoms with E-state index >= 15 is 0 Å². The van der Waals surface area contributed by atoms with Gasteiger partial charge in [0, 0.05) is 23.8 Å². The van der Waals surface area contributed by atoms with Crippen LogP contribution < -0.4 is 0 Å². The number of ether oxygens (including phenoxy) is 2. The molecule has 2 fully saturated rings. The van der Waals surface area contributed by atoms with Gasteiger partial charge in [-0.1, -0.05) is 32.9 Å². The Kier molecular flexibility index (Phi) is 3.23. The van der Waals surface area contributed by atoms with Crippen LogP contribution in [0.1, 0.15) is 40.0 Å². The quantitative estimate of drug-likeness (QED) is 0.566. The number of fused-ring (bicyclic) bond motifs is 1. The number of rotatable bonds is 2. The second-order valence-corrected chi connectivity index (χ2v) is 8.93. The molecule has 4 heteroatoms. The van der Waals surface area contributed by atoms with Gasteiger partial charge in [-0.05, 0) is 35.2 Å². The molecular formula is C21H26O4. The number of esters is 1. The number of carbonyl (C=O) groups excluding carboxylic acids is 2. The van der Waals surface area contributed by atoms with E-state index in [9.17, 15) is 9.59 Å². The molecule has 0 radical (unpaired) electrons. The van der Waals surface area contributed by atoms with Crippen LogP contribution in [-0.4, -0.2) is 18.9 Å². The molecule has 2 bridgehead atoms. The van der Waals surface area contributed by atoms with Crippen molar-refractivity contribution < 1.29 is 19.1 Å². The number of ketones is 1. The summed E-state index contributed by atoms with van der Waals surface area (Å²) in [7, 11) is 1.51. The highest BCUT2D eigenvalue weighted by atomic mass is 16.7. The van der Waals surface area contributed by atoms with E-state index in [1.54, 1.807) is 0 Å². The van der Waals surface area contributed by atoms with E-state index in [4.69, 9.17) is 9.47 Å². The fourth-order valence-electron chi connectivity index (χ4n) is 6.35. The van der Waals surface area contributed by atoms with Crippen molar-refractivity contribution in [3.8, 4) is 0 Å². The van der Waals surface area contributed by atoms with Crippen molar-refractivity contribution in [3.05, 3.63) is 36.3 Å². The lowest BCUT2D eigenvalue weighted by Gasteiger charge is -2.65. The minimum atomic E-state index is -0.520. The molecule has 0 N–H and O–H groups in total. The minimum Gasteiger partial charge on any atom is -0.468 e. The zero-order valence-electron chi connectivity index (χ0n) is 15.4. The summed E-state index contributed by atoms with van der Waals surface area (Å²) in [6, 6.07) is 0. The van der Waals surface area contributed by atoms with E-state index in [-0.39, 0.29) is 34.9 Å². The first-order valence-electron chi connectivity index (χ1n) is 9.06. The van der Waals surface area contributed by atoms with Crippen molar-refractivity contribution in [2.24, 2.45) is 34.0 Å². The van der Waals surface area contributed by atoms with Crippen LogP contribution in [0.4, 0.5) is 0 Å². The molecule has 5 atom stereocenters. The first-order chi connectivity index (χ1) is 11.7. The fraction of sp³-hybridized carbons (Fsp3) is 0.619. The number of hydrogen-bond acceptors (Lipinski definition) is 4. The van der Waals surface area contributed by atoms with Crippen LogP contribution in [-0.2, 0) is 19.1 Å². The van der Waals surface area contributed by atoms with Crippen molar-refractivity contribution in [1.29, 1.82) is 0 Å². The first kappa shape index (κ1) is 16.6. The average Bonchev–Trinajstić information content (AvgIpc) is 2.67. The number of hydrogen-bond donors (Lipinski definition) is 0. The summed E-state index contributed by atoms with van der Waals surface area (Å²) < 4.78 is 10.9. The van der Waals surface area contributed by atoms with E-state index in [1.807, 2.05) is 12.2 Å². The molecule has 0 aromatic rings. The van der Waals surface area contributed by atoms with Gasteiger partial charge in [0.1, 0.15) is 5.78 Å². The third kappa shape index (κ3) is 1.83. The molecule has 1 heterocycles. The molecule has 5 aliphatic rings. The van der Waals surface area contributed by atoms with Crippen LogP contribution in [0.2, 0.25) is 0 Å². The van der Waals surface area contributed by atoms with Gasteiger partial charge >= 0.3 is 5.97 Å². The molecule has 0 aromatic carbocycles. The molecule has 25 heavy (non-hydrogen) atoms. The molecule has 1 spiro atoms. The van der Waals surface area contributed by atoms with Gasteiger partial charge in [-0.2, -0.15) is 0 Å². The van der Waals surface area contributed by atoms with Gasteiger partial charge in [-0.3, -0.25) is 9.59 Å². The molecule has 0 aromatic heterocycles. The van der Waals surface area contributed by atoms with Crippen LogP contribution in [0.3, 0.4) is 0 Å². The SMILES string of the molecule is C=C[C@]1(C)CC[C@H]2C(C)(C)[C@@H]3C=C4C=C(OC)OC(=O)[C@@H]1[C@@]42CC3=O. The Balaban J connectivity index is 2.04. The zero-order chi connectivity index (χ0) is 18.2. The highest BCUT2D eigenvalue weighted by molar-refractivity contribution is 5.91. The highest BCUT2D eigenvalue weighted by Gasteiger charge is 2.70. The van der Waals surface area contributed by atoms with Crippen molar-refractivity contribution in [2.75, 3.05) is 7.11 Å². The Labute approximate surface area is 148 Å². The Morgan fingerprint density at radius 1 is 1.32 bits per heavy atom. The lowest BCUT2D eigenvalue weighted by Crippen LogP contribution is -2.64. The molecule has 5 rings (SSSR count). The van der Waals surface area contributed by atoms with Crippen molar-refractivity contribution in [3.63, 3.8) is 0 Å². The van der Waals surface area contributed by atoms with Gasteiger partial charge in [-0.15, -0.1) is 6.58 Å². The van der Waals surface area contributed by atoms with Gasteiger partial charge in [0.15, 0.2) is 0 Å². The average molecular weight is 342 g/mol. The smallest absolute Gasteiger partial charge is 0.318 e. The lowest BCUT2D eigenvalue weighted by atomic mass is 9.36. The summed E-state index contributed by atoms with van der Waals surface area (Å²) >= 11 is 0. The summed E-state index contributed by atoms with van der Waals surface area (Å²) in [5.74, 6) is -0.0943. The molecule has 1 aliphatic heterocycles. The topological polar surface area (TPSA) is 52.6 Å². The van der Waals surface area contributed by atoms with E-state index in [0.717, 1.165) is 18.4 Å². The molecule has 4 aliphatic carbocycles. The predicted molar refractivity (Wildman–Crippen MR) is 93.1 cm³/mol. The van der Waals surface area contributed by atoms with Gasteiger partial charge in [0.05, 0.1) is 13.0 Å². The molecule has 4 nitrogen and oxygen atoms in total. The Hall–Kier alpha value is -1.84. The van der Waals surface area contributed by atoms with E-state index in [0.29, 0.717) is 6.42 Å². The van der Waals surface area contributed by atoms with Gasteiger partial charge < -0.3 is 9.47 Å². The predicted octanol–water partition coefficient (Wildman–Crippen LogP) is 3.79. The number of Topliss-reactive ketones (excluding diaryl/α,β-unsaturated/α-hetero) is 1. The standard InChI is InChI=1S/C21H26O4/c1-6-20(4)8-7-15-19(2,3)13-9-12-10-16(24-5)25-18(23)17(20)21(12,15)11-14(13)22/h6,9-10,13,15,17H,1,7-8,11H2,2-5H3/t13-,15+,17+,20-,21+/m1/s1. The lowest BCUT2D eigenvalue weighted by molar-refractivity contribution is -0.179. The zero-order valence-corrected chi connectivity index (χ0v) is 15.4. The third-order valence-corrected chi connectivity index (χ3v) is 7.54. The monoisotopic (exact) mass is 342 g/mol. The Morgan fingerprint density at radius 3 is 2.68 bits per heavy atom. The molecule has 0 unspecified atom stereocenters. The normalized spacial score (nSPS) is 44.1. The maximum absolute atomic E-state index is 13.2. The second kappa shape index (κ2) is 4.87. The summed E-state index contributed by atoms with van der Waals surface area (Å²) in [6.07, 6.45) is 8.07. The summed E-state index contributed by atoms with van der Waals surface area (Å²) in [6.45, 7) is 10.5. The molecule has 0 saturated heterocycles. The number of allylic oxidation sites excluding steroid dienone is 4. The second-order valence-electron chi connectivity index (χ2n) is 8.93. The summed E-state index contributed by atoms with van der Waals surface area (Å²) in [5.41, 5.74) is -0.0365. The largest absolute Gasteiger partial charge is 0.468 e. The van der Waals surface area contributed by atoms with E-state index in [2.05, 4.69) is 33.4 Å². The number of cyclic esters (lactones) is 1. The van der Waals surface area contributed by atoms with Crippen LogP contribution in [0.5, 0.6) is 0 Å². The highest BCUT2D eigenvalue weighted by Crippen LogP contribution is 2.71. The van der Waals surface area contributed by atoms with Crippen molar-refractivity contribution in [1.82, 2.24) is 0 Å². The number of carbonyl (C=O) groups is 2. The molecule has 134 valence electrons. The van der Waals surface area contributed by atoms with Crippen LogP contribution >= 0.6 is 0 Å². The first-order valence-corrected chi connectivity index (χ1v) is 9.06. The van der Waals surface area contributed by atoms with Crippen LogP contribution in [0.25, 0.3) is 0 Å². The van der Waals surface area contributed by atoms with Crippen molar-refractivity contribution in [2.45, 2.75) is 40.0 Å². The fourth-order valence-corrected chi connectivity index (χ4v) is 6.35. The summed E-state index contributed by atoms with van der Waals surface area (Å²) in [5, 5.41) is 0. The minimum absolute atomic E-state index is 0.106. The number of methoxy groups -OCH3 is 1. The Bertz CT molecular complexity index is 743. The Morgan fingerprint density at radius 2 is 2.04 bits per heavy atom. The van der Waals surface area contributed by atoms with Gasteiger partial charge in [-0.25, -0.2) is 0 Å².